The Balaban J connectivity index is 2.04. The van der Waals surface area contributed by atoms with Crippen LogP contribution in [0, 0.1) is 0 Å². The van der Waals surface area contributed by atoms with Gasteiger partial charge in [0, 0.05) is 17.7 Å². The molecule has 0 radical (unpaired) electrons. The minimum Gasteiger partial charge on any atom is -0.507 e. The molecule has 0 aliphatic carbocycles. The molecular weight excluding hydrogens is 456 g/mol. The van der Waals surface area contributed by atoms with E-state index in [2.05, 4.69) is 0 Å². The van der Waals surface area contributed by atoms with Crippen LogP contribution >= 0.6 is 0 Å². The molecule has 0 spiro atoms. The lowest BCUT2D eigenvalue weighted by Gasteiger charge is -2.25. The number of esters is 1. The van der Waals surface area contributed by atoms with Crippen molar-refractivity contribution in [2.24, 2.45) is 0 Å². The summed E-state index contributed by atoms with van der Waals surface area (Å²) in [6, 6.07) is 22.9. The molecule has 3 aromatic carbocycles. The number of carbonyl (C=O) groups excluding carboxylic acids is 2. The summed E-state index contributed by atoms with van der Waals surface area (Å²) < 4.78 is 17.0. The average Bonchev–Trinajstić information content (AvgIpc) is 2.86. The van der Waals surface area contributed by atoms with Gasteiger partial charge < -0.3 is 19.3 Å². The highest BCUT2D eigenvalue weighted by molar-refractivity contribution is 6.39. The molecule has 6 heteroatoms. The van der Waals surface area contributed by atoms with Gasteiger partial charge in [-0.05, 0) is 29.5 Å². The van der Waals surface area contributed by atoms with Gasteiger partial charge in [0.25, 0.3) is 5.78 Å². The number of benzene rings is 3. The van der Waals surface area contributed by atoms with Gasteiger partial charge in [-0.15, -0.1) is 0 Å². The Kier molecular flexibility index (Phi) is 8.90. The van der Waals surface area contributed by atoms with E-state index in [1.165, 1.54) is 0 Å². The monoisotopic (exact) mass is 488 g/mol. The lowest BCUT2D eigenvalue weighted by molar-refractivity contribution is -0.151. The number of rotatable bonds is 10. The van der Waals surface area contributed by atoms with Gasteiger partial charge >= 0.3 is 5.97 Å². The van der Waals surface area contributed by atoms with E-state index in [9.17, 15) is 14.7 Å². The van der Waals surface area contributed by atoms with Crippen molar-refractivity contribution < 1.29 is 28.9 Å². The van der Waals surface area contributed by atoms with Gasteiger partial charge in [-0.1, -0.05) is 81.4 Å². The Morgan fingerprint density at radius 1 is 0.833 bits per heavy atom. The molecule has 0 amide bonds. The molecule has 188 valence electrons. The van der Waals surface area contributed by atoms with Crippen molar-refractivity contribution in [3.63, 3.8) is 0 Å². The summed E-state index contributed by atoms with van der Waals surface area (Å²) in [6.45, 7) is 8.33. The molecule has 0 aliphatic heterocycles. The van der Waals surface area contributed by atoms with Gasteiger partial charge in [-0.2, -0.15) is 0 Å². The molecule has 0 fully saturated rings. The molecule has 0 heterocycles. The predicted molar refractivity (Wildman–Crippen MR) is 139 cm³/mol. The summed E-state index contributed by atoms with van der Waals surface area (Å²) in [5.74, 6) is -1.46. The second-order valence-corrected chi connectivity index (χ2v) is 9.26. The third kappa shape index (κ3) is 7.22. The van der Waals surface area contributed by atoms with E-state index in [4.69, 9.17) is 14.2 Å². The highest BCUT2D eigenvalue weighted by Crippen LogP contribution is 2.39. The zero-order chi connectivity index (χ0) is 26.1. The molecule has 0 aromatic heterocycles. The number of carbonyl (C=O) groups is 2. The minimum atomic E-state index is -1.03. The number of aliphatic hydroxyl groups is 1. The fraction of sp³-hybridized carbons (Fsp3) is 0.267. The molecule has 0 aliphatic rings. The van der Waals surface area contributed by atoms with Crippen molar-refractivity contribution in [3.8, 4) is 11.5 Å². The van der Waals surface area contributed by atoms with E-state index in [0.717, 1.165) is 22.8 Å². The zero-order valence-electron chi connectivity index (χ0n) is 21.1. The lowest BCUT2D eigenvalue weighted by atomic mass is 9.84. The van der Waals surface area contributed by atoms with Crippen LogP contribution in [0.15, 0.2) is 78.9 Å². The van der Waals surface area contributed by atoms with Crippen molar-refractivity contribution in [2.45, 2.75) is 46.3 Å². The average molecular weight is 489 g/mol. The van der Waals surface area contributed by atoms with Crippen LogP contribution in [0.4, 0.5) is 0 Å². The molecule has 3 rings (SSSR count). The Hall–Kier alpha value is -4.06. The van der Waals surface area contributed by atoms with Crippen LogP contribution in [0.1, 0.15) is 49.9 Å². The quantitative estimate of drug-likeness (QED) is 0.159. The number of hydrogen-bond donors (Lipinski definition) is 1. The fourth-order valence-electron chi connectivity index (χ4n) is 3.52. The number of aliphatic hydroxyl groups excluding tert-OH is 1. The first kappa shape index (κ1) is 26.5. The molecule has 1 N–H and O–H groups in total. The van der Waals surface area contributed by atoms with E-state index in [-0.39, 0.29) is 24.2 Å². The number of ketones is 1. The lowest BCUT2D eigenvalue weighted by Crippen LogP contribution is -2.16. The Labute approximate surface area is 212 Å². The Bertz CT molecular complexity index is 1210. The first-order valence-corrected chi connectivity index (χ1v) is 11.8. The molecule has 3 aromatic rings. The molecule has 36 heavy (non-hydrogen) atoms. The van der Waals surface area contributed by atoms with Crippen molar-refractivity contribution in [2.75, 3.05) is 6.61 Å². The van der Waals surface area contributed by atoms with E-state index in [0.29, 0.717) is 18.1 Å². The standard InChI is InChI=1S/C30H32O6/c1-5-34-29(33)26(32)17-25(31)23-16-24(30(2,3)4)28(36-20-22-14-10-7-11-15-22)18-27(23)35-19-21-12-8-6-9-13-21/h6-18,31H,5,19-20H2,1-4H3/b25-17-. The van der Waals surface area contributed by atoms with Crippen molar-refractivity contribution in [3.05, 3.63) is 101 Å². The Morgan fingerprint density at radius 2 is 1.36 bits per heavy atom. The molecule has 0 atom stereocenters. The normalized spacial score (nSPS) is 11.6. The summed E-state index contributed by atoms with van der Waals surface area (Å²) in [4.78, 5) is 24.1. The van der Waals surface area contributed by atoms with Gasteiger partial charge in [-0.25, -0.2) is 4.79 Å². The summed E-state index contributed by atoms with van der Waals surface area (Å²) in [6.07, 6.45) is 0.861. The largest absolute Gasteiger partial charge is 0.507 e. The first-order valence-electron chi connectivity index (χ1n) is 11.8. The van der Waals surface area contributed by atoms with Gasteiger partial charge in [-0.3, -0.25) is 4.79 Å². The smallest absolute Gasteiger partial charge is 0.379 e. The third-order valence-electron chi connectivity index (χ3n) is 5.38. The zero-order valence-corrected chi connectivity index (χ0v) is 21.1. The number of hydrogen-bond acceptors (Lipinski definition) is 6. The molecule has 0 unspecified atom stereocenters. The first-order chi connectivity index (χ1) is 17.2. The minimum absolute atomic E-state index is 0.0617. The van der Waals surface area contributed by atoms with Gasteiger partial charge in [0.15, 0.2) is 0 Å². The topological polar surface area (TPSA) is 82.1 Å². The maximum absolute atomic E-state index is 12.2. The SMILES string of the molecule is CCOC(=O)C(=O)/C=C(\O)c1cc(C(C)(C)C)c(OCc2ccccc2)cc1OCc1ccccc1. The summed E-state index contributed by atoms with van der Waals surface area (Å²) in [5, 5.41) is 10.9. The molecule has 0 saturated heterocycles. The van der Waals surface area contributed by atoms with E-state index < -0.39 is 17.5 Å². The van der Waals surface area contributed by atoms with E-state index in [1.807, 2.05) is 81.4 Å². The van der Waals surface area contributed by atoms with Crippen LogP contribution in [0.3, 0.4) is 0 Å². The highest BCUT2D eigenvalue weighted by Gasteiger charge is 2.25. The number of ether oxygens (including phenoxy) is 3. The van der Waals surface area contributed by atoms with Crippen molar-refractivity contribution in [1.29, 1.82) is 0 Å². The molecule has 0 saturated carbocycles. The maximum atomic E-state index is 12.2. The van der Waals surface area contributed by atoms with Gasteiger partial charge in [0.1, 0.15) is 30.5 Å². The summed E-state index contributed by atoms with van der Waals surface area (Å²) >= 11 is 0. The van der Waals surface area contributed by atoms with Crippen molar-refractivity contribution in [1.82, 2.24) is 0 Å². The predicted octanol–water partition coefficient (Wildman–Crippen LogP) is 6.17. The van der Waals surface area contributed by atoms with Crippen LogP contribution in [0.25, 0.3) is 5.76 Å². The maximum Gasteiger partial charge on any atom is 0.379 e. The Morgan fingerprint density at radius 3 is 1.86 bits per heavy atom. The second-order valence-electron chi connectivity index (χ2n) is 9.26. The summed E-state index contributed by atoms with van der Waals surface area (Å²) in [5.41, 5.74) is 2.67. The van der Waals surface area contributed by atoms with Crippen LogP contribution in [0.2, 0.25) is 0 Å². The van der Waals surface area contributed by atoms with E-state index in [1.54, 1.807) is 19.1 Å². The second kappa shape index (κ2) is 12.1. The highest BCUT2D eigenvalue weighted by atomic mass is 16.5. The third-order valence-corrected chi connectivity index (χ3v) is 5.38. The van der Waals surface area contributed by atoms with Gasteiger partial charge in [0.2, 0.25) is 0 Å². The summed E-state index contributed by atoms with van der Waals surface area (Å²) in [7, 11) is 0. The van der Waals surface area contributed by atoms with Crippen LogP contribution in [-0.2, 0) is 33.0 Å². The fourth-order valence-corrected chi connectivity index (χ4v) is 3.52. The van der Waals surface area contributed by atoms with Crippen LogP contribution < -0.4 is 9.47 Å². The molecule has 6 nitrogen and oxygen atoms in total. The van der Waals surface area contributed by atoms with Crippen molar-refractivity contribution >= 4 is 17.5 Å². The van der Waals surface area contributed by atoms with Crippen LogP contribution in [0.5, 0.6) is 11.5 Å². The van der Waals surface area contributed by atoms with Gasteiger partial charge in [0.05, 0.1) is 12.2 Å². The molecule has 0 bridgehead atoms. The van der Waals surface area contributed by atoms with E-state index >= 15 is 0 Å². The molecular formula is C30H32O6. The van der Waals surface area contributed by atoms with Crippen LogP contribution in [-0.4, -0.2) is 23.5 Å².